The number of benzene rings is 1. The van der Waals surface area contributed by atoms with Crippen LogP contribution in [0.5, 0.6) is 5.75 Å². The Morgan fingerprint density at radius 1 is 1.37 bits per heavy atom. The van der Waals surface area contributed by atoms with Crippen LogP contribution in [0.25, 0.3) is 0 Å². The Labute approximate surface area is 114 Å². The van der Waals surface area contributed by atoms with Crippen LogP contribution in [-0.4, -0.2) is 38.6 Å². The van der Waals surface area contributed by atoms with Crippen molar-refractivity contribution >= 4 is 9.84 Å². The molecule has 19 heavy (non-hydrogen) atoms. The number of phenols is 1. The molecule has 2 atom stereocenters. The van der Waals surface area contributed by atoms with Crippen LogP contribution >= 0.6 is 0 Å². The van der Waals surface area contributed by atoms with E-state index in [1.807, 2.05) is 19.2 Å². The third-order valence-electron chi connectivity index (χ3n) is 3.83. The standard InChI is InChI=1S/C14H21NO3S/c1-15-9-13(12-6-7-19(17,18)10-12)8-11-2-4-14(16)5-3-11/h2-5,12-13,15-16H,6-10H2,1H3. The molecular formula is C14H21NO3S. The Balaban J connectivity index is 2.06. The van der Waals surface area contributed by atoms with Crippen molar-refractivity contribution in [2.75, 3.05) is 25.1 Å². The molecule has 2 N–H and O–H groups in total. The highest BCUT2D eigenvalue weighted by molar-refractivity contribution is 7.91. The van der Waals surface area contributed by atoms with Crippen LogP contribution in [0.15, 0.2) is 24.3 Å². The largest absolute Gasteiger partial charge is 0.508 e. The van der Waals surface area contributed by atoms with Gasteiger partial charge in [-0.2, -0.15) is 0 Å². The summed E-state index contributed by atoms with van der Waals surface area (Å²) in [5.74, 6) is 1.47. The Bertz CT molecular complexity index is 510. The van der Waals surface area contributed by atoms with Gasteiger partial charge in [0.25, 0.3) is 0 Å². The van der Waals surface area contributed by atoms with Crippen molar-refractivity contribution in [2.24, 2.45) is 11.8 Å². The minimum Gasteiger partial charge on any atom is -0.508 e. The number of phenolic OH excluding ortho intramolecular Hbond substituents is 1. The molecule has 0 bridgehead atoms. The minimum absolute atomic E-state index is 0.242. The monoisotopic (exact) mass is 283 g/mol. The van der Waals surface area contributed by atoms with Gasteiger partial charge in [-0.05, 0) is 56.0 Å². The van der Waals surface area contributed by atoms with E-state index in [2.05, 4.69) is 5.32 Å². The SMILES string of the molecule is CNCC(Cc1ccc(O)cc1)C1CCS(=O)(=O)C1. The molecule has 2 unspecified atom stereocenters. The Hall–Kier alpha value is -1.07. The molecular weight excluding hydrogens is 262 g/mol. The van der Waals surface area contributed by atoms with E-state index in [0.29, 0.717) is 17.4 Å². The molecule has 4 nitrogen and oxygen atoms in total. The summed E-state index contributed by atoms with van der Waals surface area (Å²) < 4.78 is 23.2. The first-order valence-corrected chi connectivity index (χ1v) is 8.45. The molecule has 0 aliphatic carbocycles. The Morgan fingerprint density at radius 2 is 2.05 bits per heavy atom. The number of hydrogen-bond acceptors (Lipinski definition) is 4. The maximum atomic E-state index is 11.6. The molecule has 1 fully saturated rings. The summed E-state index contributed by atoms with van der Waals surface area (Å²) in [6, 6.07) is 7.16. The van der Waals surface area contributed by atoms with Crippen molar-refractivity contribution < 1.29 is 13.5 Å². The van der Waals surface area contributed by atoms with Gasteiger partial charge in [-0.1, -0.05) is 12.1 Å². The quantitative estimate of drug-likeness (QED) is 0.852. The van der Waals surface area contributed by atoms with E-state index in [4.69, 9.17) is 0 Å². The fourth-order valence-electron chi connectivity index (χ4n) is 2.80. The lowest BCUT2D eigenvalue weighted by Crippen LogP contribution is -2.28. The fraction of sp³-hybridized carbons (Fsp3) is 0.571. The van der Waals surface area contributed by atoms with Gasteiger partial charge in [-0.3, -0.25) is 0 Å². The maximum absolute atomic E-state index is 11.6. The summed E-state index contributed by atoms with van der Waals surface area (Å²) in [4.78, 5) is 0. The van der Waals surface area contributed by atoms with Gasteiger partial charge in [0.05, 0.1) is 11.5 Å². The molecule has 106 valence electrons. The molecule has 1 aromatic carbocycles. The van der Waals surface area contributed by atoms with Gasteiger partial charge in [0.2, 0.25) is 0 Å². The van der Waals surface area contributed by atoms with E-state index in [1.165, 1.54) is 0 Å². The summed E-state index contributed by atoms with van der Waals surface area (Å²) >= 11 is 0. The highest BCUT2D eigenvalue weighted by atomic mass is 32.2. The van der Waals surface area contributed by atoms with Gasteiger partial charge in [-0.15, -0.1) is 0 Å². The molecule has 1 aromatic rings. The lowest BCUT2D eigenvalue weighted by molar-refractivity contribution is 0.351. The minimum atomic E-state index is -2.83. The van der Waals surface area contributed by atoms with E-state index in [1.54, 1.807) is 12.1 Å². The zero-order valence-corrected chi connectivity index (χ0v) is 12.0. The average molecular weight is 283 g/mol. The average Bonchev–Trinajstić information content (AvgIpc) is 2.72. The highest BCUT2D eigenvalue weighted by Gasteiger charge is 2.33. The van der Waals surface area contributed by atoms with Crippen LogP contribution in [0.2, 0.25) is 0 Å². The van der Waals surface area contributed by atoms with Crippen LogP contribution in [0.1, 0.15) is 12.0 Å². The van der Waals surface area contributed by atoms with Gasteiger partial charge in [-0.25, -0.2) is 8.42 Å². The smallest absolute Gasteiger partial charge is 0.150 e. The third-order valence-corrected chi connectivity index (χ3v) is 5.63. The topological polar surface area (TPSA) is 66.4 Å². The lowest BCUT2D eigenvalue weighted by Gasteiger charge is -2.22. The molecule has 2 rings (SSSR count). The van der Waals surface area contributed by atoms with Crippen molar-refractivity contribution in [1.29, 1.82) is 0 Å². The maximum Gasteiger partial charge on any atom is 0.150 e. The van der Waals surface area contributed by atoms with Gasteiger partial charge in [0, 0.05) is 0 Å². The van der Waals surface area contributed by atoms with Crippen LogP contribution in [-0.2, 0) is 16.3 Å². The summed E-state index contributed by atoms with van der Waals surface area (Å²) in [6.07, 6.45) is 1.62. The van der Waals surface area contributed by atoms with Crippen molar-refractivity contribution in [1.82, 2.24) is 5.32 Å². The van der Waals surface area contributed by atoms with Crippen LogP contribution in [0.3, 0.4) is 0 Å². The number of rotatable bonds is 5. The van der Waals surface area contributed by atoms with E-state index < -0.39 is 9.84 Å². The van der Waals surface area contributed by atoms with Crippen LogP contribution in [0, 0.1) is 11.8 Å². The normalized spacial score (nSPS) is 23.3. The second kappa shape index (κ2) is 5.92. The molecule has 1 heterocycles. The molecule has 1 aliphatic rings. The summed E-state index contributed by atoms with van der Waals surface area (Å²) in [5.41, 5.74) is 1.14. The van der Waals surface area contributed by atoms with Crippen LogP contribution in [0.4, 0.5) is 0 Å². The predicted octanol–water partition coefficient (Wildman–Crippen LogP) is 1.21. The molecule has 1 saturated heterocycles. The number of hydrogen-bond donors (Lipinski definition) is 2. The summed E-state index contributed by atoms with van der Waals surface area (Å²) in [5, 5.41) is 12.4. The number of sulfone groups is 1. The first-order valence-electron chi connectivity index (χ1n) is 6.63. The second-order valence-corrected chi connectivity index (χ2v) is 7.58. The second-order valence-electron chi connectivity index (χ2n) is 5.35. The van der Waals surface area contributed by atoms with E-state index in [-0.39, 0.29) is 11.7 Å². The van der Waals surface area contributed by atoms with Gasteiger partial charge in [0.1, 0.15) is 5.75 Å². The first kappa shape index (κ1) is 14.3. The highest BCUT2D eigenvalue weighted by Crippen LogP contribution is 2.28. The molecule has 0 spiro atoms. The van der Waals surface area contributed by atoms with Crippen molar-refractivity contribution in [3.8, 4) is 5.75 Å². The molecule has 0 radical (unpaired) electrons. The first-order chi connectivity index (χ1) is 9.00. The van der Waals surface area contributed by atoms with E-state index in [0.717, 1.165) is 24.9 Å². The predicted molar refractivity (Wildman–Crippen MR) is 76.0 cm³/mol. The summed E-state index contributed by atoms with van der Waals surface area (Å²) in [7, 11) is -0.929. The van der Waals surface area contributed by atoms with Crippen molar-refractivity contribution in [3.63, 3.8) is 0 Å². The molecule has 0 amide bonds. The summed E-state index contributed by atoms with van der Waals surface area (Å²) in [6.45, 7) is 0.820. The number of aromatic hydroxyl groups is 1. The van der Waals surface area contributed by atoms with E-state index in [9.17, 15) is 13.5 Å². The van der Waals surface area contributed by atoms with Crippen LogP contribution < -0.4 is 5.32 Å². The lowest BCUT2D eigenvalue weighted by atomic mass is 9.86. The third kappa shape index (κ3) is 3.94. The van der Waals surface area contributed by atoms with Gasteiger partial charge >= 0.3 is 0 Å². The zero-order valence-electron chi connectivity index (χ0n) is 11.2. The molecule has 5 heteroatoms. The molecule has 0 saturated carbocycles. The Kier molecular flexibility index (Phi) is 4.47. The zero-order chi connectivity index (χ0) is 13.9. The van der Waals surface area contributed by atoms with Crippen molar-refractivity contribution in [2.45, 2.75) is 12.8 Å². The van der Waals surface area contributed by atoms with E-state index >= 15 is 0 Å². The number of nitrogens with one attached hydrogen (secondary N) is 1. The molecule has 0 aromatic heterocycles. The molecule has 1 aliphatic heterocycles. The Morgan fingerprint density at radius 3 is 2.58 bits per heavy atom. The van der Waals surface area contributed by atoms with Crippen molar-refractivity contribution in [3.05, 3.63) is 29.8 Å². The fourth-order valence-corrected chi connectivity index (χ4v) is 4.72. The van der Waals surface area contributed by atoms with Gasteiger partial charge < -0.3 is 10.4 Å². The van der Waals surface area contributed by atoms with Gasteiger partial charge in [0.15, 0.2) is 9.84 Å².